The van der Waals surface area contributed by atoms with Crippen LogP contribution in [-0.4, -0.2) is 54.6 Å². The molecular formula is C15H21BrN2O4. The molecule has 1 saturated heterocycles. The van der Waals surface area contributed by atoms with Crippen LogP contribution in [-0.2, 0) is 4.74 Å². The smallest absolute Gasteiger partial charge is 0.409 e. The molecule has 6 nitrogen and oxygen atoms in total. The molecule has 0 unspecified atom stereocenters. The lowest BCUT2D eigenvalue weighted by molar-refractivity contribution is 0.0715. The van der Waals surface area contributed by atoms with Gasteiger partial charge < -0.3 is 19.0 Å². The Morgan fingerprint density at radius 3 is 2.55 bits per heavy atom. The van der Waals surface area contributed by atoms with Crippen LogP contribution in [0, 0.1) is 5.92 Å². The molecule has 0 saturated carbocycles. The Morgan fingerprint density at radius 1 is 1.23 bits per heavy atom. The molecule has 7 heteroatoms. The maximum absolute atomic E-state index is 12.3. The SMILES string of the molecule is CC(C)COC(=O)N1CCCN(C(=O)c2ccc(Br)o2)CC1. The molecule has 1 aliphatic rings. The first kappa shape index (κ1) is 16.9. The number of ether oxygens (including phenoxy) is 1. The molecule has 0 bridgehead atoms. The maximum atomic E-state index is 12.3. The summed E-state index contributed by atoms with van der Waals surface area (Å²) in [5.74, 6) is 0.470. The summed E-state index contributed by atoms with van der Waals surface area (Å²) in [6.07, 6.45) is 0.424. The van der Waals surface area contributed by atoms with E-state index in [0.29, 0.717) is 49.1 Å². The highest BCUT2D eigenvalue weighted by molar-refractivity contribution is 9.10. The highest BCUT2D eigenvalue weighted by Crippen LogP contribution is 2.17. The molecule has 2 rings (SSSR count). The third-order valence-corrected chi connectivity index (χ3v) is 3.79. The van der Waals surface area contributed by atoms with Crippen molar-refractivity contribution in [2.45, 2.75) is 20.3 Å². The van der Waals surface area contributed by atoms with Crippen molar-refractivity contribution < 1.29 is 18.7 Å². The predicted molar refractivity (Wildman–Crippen MR) is 84.7 cm³/mol. The normalized spacial score (nSPS) is 15.8. The fourth-order valence-electron chi connectivity index (χ4n) is 2.22. The Hall–Kier alpha value is -1.50. The summed E-state index contributed by atoms with van der Waals surface area (Å²) in [5.41, 5.74) is 0. The van der Waals surface area contributed by atoms with E-state index >= 15 is 0 Å². The molecule has 22 heavy (non-hydrogen) atoms. The molecule has 1 fully saturated rings. The van der Waals surface area contributed by atoms with Crippen LogP contribution in [0.15, 0.2) is 21.2 Å². The zero-order chi connectivity index (χ0) is 16.1. The minimum Gasteiger partial charge on any atom is -0.449 e. The molecule has 1 aromatic rings. The Labute approximate surface area is 138 Å². The molecule has 0 N–H and O–H groups in total. The lowest BCUT2D eigenvalue weighted by Gasteiger charge is -2.21. The minimum absolute atomic E-state index is 0.150. The lowest BCUT2D eigenvalue weighted by atomic mass is 10.2. The van der Waals surface area contributed by atoms with Crippen molar-refractivity contribution in [3.63, 3.8) is 0 Å². The molecule has 0 aliphatic carbocycles. The summed E-state index contributed by atoms with van der Waals surface area (Å²) in [6, 6.07) is 3.34. The fraction of sp³-hybridized carbons (Fsp3) is 0.600. The summed E-state index contributed by atoms with van der Waals surface area (Å²) in [6.45, 7) is 6.57. The van der Waals surface area contributed by atoms with Gasteiger partial charge in [-0.3, -0.25) is 4.79 Å². The van der Waals surface area contributed by atoms with Crippen molar-refractivity contribution in [3.05, 3.63) is 22.6 Å². The number of furan rings is 1. The number of hydrogen-bond donors (Lipinski definition) is 0. The van der Waals surface area contributed by atoms with Gasteiger partial charge in [-0.25, -0.2) is 4.79 Å². The number of amides is 2. The Morgan fingerprint density at radius 2 is 1.91 bits per heavy atom. The van der Waals surface area contributed by atoms with Crippen LogP contribution in [0.2, 0.25) is 0 Å². The van der Waals surface area contributed by atoms with Crippen LogP contribution in [0.4, 0.5) is 4.79 Å². The first-order valence-corrected chi connectivity index (χ1v) is 8.23. The van der Waals surface area contributed by atoms with E-state index in [1.807, 2.05) is 13.8 Å². The summed E-state index contributed by atoms with van der Waals surface area (Å²) in [5, 5.41) is 0. The quantitative estimate of drug-likeness (QED) is 0.817. The minimum atomic E-state index is -0.302. The third kappa shape index (κ3) is 4.50. The molecule has 0 spiro atoms. The molecule has 0 radical (unpaired) electrons. The van der Waals surface area contributed by atoms with Gasteiger partial charge in [0.15, 0.2) is 10.4 Å². The van der Waals surface area contributed by atoms with Crippen molar-refractivity contribution in [2.75, 3.05) is 32.8 Å². The van der Waals surface area contributed by atoms with Crippen LogP contribution in [0.1, 0.15) is 30.8 Å². The number of carbonyl (C=O) groups is 2. The zero-order valence-electron chi connectivity index (χ0n) is 12.9. The highest BCUT2D eigenvalue weighted by atomic mass is 79.9. The monoisotopic (exact) mass is 372 g/mol. The van der Waals surface area contributed by atoms with Crippen LogP contribution in [0.5, 0.6) is 0 Å². The molecule has 1 aromatic heterocycles. The van der Waals surface area contributed by atoms with Crippen molar-refractivity contribution in [2.24, 2.45) is 5.92 Å². The average Bonchev–Trinajstić information content (AvgIpc) is 2.76. The summed E-state index contributed by atoms with van der Waals surface area (Å²) < 4.78 is 11.1. The van der Waals surface area contributed by atoms with E-state index in [1.54, 1.807) is 21.9 Å². The molecule has 1 aliphatic heterocycles. The van der Waals surface area contributed by atoms with E-state index < -0.39 is 0 Å². The molecule has 0 atom stereocenters. The molecule has 0 aromatic carbocycles. The molecule has 2 amide bonds. The number of carbonyl (C=O) groups excluding carboxylic acids is 2. The van der Waals surface area contributed by atoms with Crippen molar-refractivity contribution >= 4 is 27.9 Å². The molecule has 122 valence electrons. The van der Waals surface area contributed by atoms with E-state index in [4.69, 9.17) is 9.15 Å². The maximum Gasteiger partial charge on any atom is 0.409 e. The van der Waals surface area contributed by atoms with Crippen molar-refractivity contribution in [1.82, 2.24) is 9.80 Å². The number of halogens is 1. The van der Waals surface area contributed by atoms with Gasteiger partial charge in [-0.15, -0.1) is 0 Å². The van der Waals surface area contributed by atoms with E-state index in [9.17, 15) is 9.59 Å². The first-order valence-electron chi connectivity index (χ1n) is 7.43. The fourth-order valence-corrected chi connectivity index (χ4v) is 2.52. The van der Waals surface area contributed by atoms with Gasteiger partial charge in [0.25, 0.3) is 5.91 Å². The standard InChI is InChI=1S/C15H21BrN2O4/c1-11(2)10-21-15(20)18-7-3-6-17(8-9-18)14(19)12-4-5-13(16)22-12/h4-5,11H,3,6-10H2,1-2H3. The molecular weight excluding hydrogens is 352 g/mol. The molecule has 2 heterocycles. The summed E-state index contributed by atoms with van der Waals surface area (Å²) in [4.78, 5) is 27.7. The number of rotatable bonds is 3. The number of hydrogen-bond acceptors (Lipinski definition) is 4. The van der Waals surface area contributed by atoms with E-state index in [0.717, 1.165) is 6.42 Å². The number of nitrogens with zero attached hydrogens (tertiary/aromatic N) is 2. The van der Waals surface area contributed by atoms with Gasteiger partial charge >= 0.3 is 6.09 Å². The van der Waals surface area contributed by atoms with Gasteiger partial charge in [0, 0.05) is 26.2 Å². The highest BCUT2D eigenvalue weighted by Gasteiger charge is 2.25. The van der Waals surface area contributed by atoms with E-state index in [2.05, 4.69) is 15.9 Å². The largest absolute Gasteiger partial charge is 0.449 e. The van der Waals surface area contributed by atoms with E-state index in [-0.39, 0.29) is 12.0 Å². The Bertz CT molecular complexity index is 529. The van der Waals surface area contributed by atoms with Crippen LogP contribution in [0.25, 0.3) is 0 Å². The van der Waals surface area contributed by atoms with Crippen LogP contribution < -0.4 is 0 Å². The second kappa shape index (κ2) is 7.67. The van der Waals surface area contributed by atoms with Gasteiger partial charge in [-0.1, -0.05) is 13.8 Å². The third-order valence-electron chi connectivity index (χ3n) is 3.37. The van der Waals surface area contributed by atoms with Gasteiger partial charge in [-0.2, -0.15) is 0 Å². The lowest BCUT2D eigenvalue weighted by Crippen LogP contribution is -2.37. The second-order valence-corrected chi connectivity index (χ2v) is 6.49. The van der Waals surface area contributed by atoms with E-state index in [1.165, 1.54) is 0 Å². The van der Waals surface area contributed by atoms with Crippen LogP contribution in [0.3, 0.4) is 0 Å². The topological polar surface area (TPSA) is 63.0 Å². The van der Waals surface area contributed by atoms with Crippen molar-refractivity contribution in [1.29, 1.82) is 0 Å². The predicted octanol–water partition coefficient (Wildman–Crippen LogP) is 2.98. The van der Waals surface area contributed by atoms with Gasteiger partial charge in [0.05, 0.1) is 6.61 Å². The van der Waals surface area contributed by atoms with Gasteiger partial charge in [0.2, 0.25) is 0 Å². The van der Waals surface area contributed by atoms with Gasteiger partial charge in [-0.05, 0) is 40.4 Å². The van der Waals surface area contributed by atoms with Crippen LogP contribution >= 0.6 is 15.9 Å². The summed E-state index contributed by atoms with van der Waals surface area (Å²) in [7, 11) is 0. The van der Waals surface area contributed by atoms with Crippen molar-refractivity contribution in [3.8, 4) is 0 Å². The second-order valence-electron chi connectivity index (χ2n) is 5.71. The Kier molecular flexibility index (Phi) is 5.88. The Balaban J connectivity index is 1.89. The first-order chi connectivity index (χ1) is 10.5. The summed E-state index contributed by atoms with van der Waals surface area (Å²) >= 11 is 3.19. The average molecular weight is 373 g/mol. The zero-order valence-corrected chi connectivity index (χ0v) is 14.5. The van der Waals surface area contributed by atoms with Gasteiger partial charge in [0.1, 0.15) is 0 Å².